The molecule has 180 valence electrons. The number of hydrogen-bond donors (Lipinski definition) is 0. The number of rotatable bonds is 6. The first kappa shape index (κ1) is 22.3. The van der Waals surface area contributed by atoms with Crippen molar-refractivity contribution in [3.63, 3.8) is 0 Å². The zero-order valence-electron chi connectivity index (χ0n) is 20.1. The molecule has 3 heterocycles. The zero-order chi connectivity index (χ0) is 23.5. The Morgan fingerprint density at radius 3 is 2.51 bits per heavy atom. The second-order valence-corrected chi connectivity index (χ2v) is 9.83. The molecule has 2 aromatic carbocycles. The molecule has 1 spiro atoms. The van der Waals surface area contributed by atoms with Crippen molar-refractivity contribution in [1.29, 1.82) is 0 Å². The summed E-state index contributed by atoms with van der Waals surface area (Å²) in [5, 5.41) is 0. The Balaban J connectivity index is 1.05. The molecule has 2 aliphatic heterocycles. The Morgan fingerprint density at radius 1 is 0.971 bits per heavy atom. The predicted molar refractivity (Wildman–Crippen MR) is 137 cm³/mol. The maximum atomic E-state index is 6.43. The quantitative estimate of drug-likeness (QED) is 0.438. The van der Waals surface area contributed by atoms with Gasteiger partial charge >= 0.3 is 0 Å². The molecule has 0 N–H and O–H groups in total. The normalized spacial score (nSPS) is 19.8. The van der Waals surface area contributed by atoms with Crippen molar-refractivity contribution in [2.45, 2.75) is 57.1 Å². The smallest absolute Gasteiger partial charge is 0.213 e. The molecular formula is C30H32N2O3. The van der Waals surface area contributed by atoms with Crippen LogP contribution in [0.3, 0.4) is 0 Å². The third-order valence-electron chi connectivity index (χ3n) is 7.48. The Labute approximate surface area is 207 Å². The van der Waals surface area contributed by atoms with E-state index >= 15 is 0 Å². The van der Waals surface area contributed by atoms with E-state index in [0.717, 1.165) is 60.0 Å². The molecule has 6 rings (SSSR count). The summed E-state index contributed by atoms with van der Waals surface area (Å²) in [5.41, 5.74) is 4.39. The highest BCUT2D eigenvalue weighted by atomic mass is 16.7. The van der Waals surface area contributed by atoms with Gasteiger partial charge in [-0.2, -0.15) is 0 Å². The molecule has 0 bridgehead atoms. The molecule has 5 heteroatoms. The average molecular weight is 469 g/mol. The van der Waals surface area contributed by atoms with Gasteiger partial charge in [0.05, 0.1) is 6.61 Å². The summed E-state index contributed by atoms with van der Waals surface area (Å²) in [6.07, 6.45) is 12.0. The summed E-state index contributed by atoms with van der Waals surface area (Å²) in [7, 11) is 0. The van der Waals surface area contributed by atoms with E-state index in [-0.39, 0.29) is 0 Å². The van der Waals surface area contributed by atoms with Crippen LogP contribution >= 0.6 is 0 Å². The van der Waals surface area contributed by atoms with Crippen molar-refractivity contribution >= 4 is 12.2 Å². The molecule has 0 amide bonds. The number of aromatic nitrogens is 1. The molecule has 0 unspecified atom stereocenters. The van der Waals surface area contributed by atoms with E-state index in [4.69, 9.17) is 14.2 Å². The van der Waals surface area contributed by atoms with Gasteiger partial charge in [0.15, 0.2) is 0 Å². The largest absolute Gasteiger partial charge is 0.473 e. The predicted octanol–water partition coefficient (Wildman–Crippen LogP) is 6.08. The lowest BCUT2D eigenvalue weighted by Crippen LogP contribution is -2.54. The summed E-state index contributed by atoms with van der Waals surface area (Å²) >= 11 is 0. The summed E-state index contributed by atoms with van der Waals surface area (Å²) < 4.78 is 18.5. The first-order chi connectivity index (χ1) is 17.2. The van der Waals surface area contributed by atoms with Crippen LogP contribution in [-0.2, 0) is 18.0 Å². The first-order valence-electron chi connectivity index (χ1n) is 12.8. The average Bonchev–Trinajstić information content (AvgIpc) is 2.88. The molecule has 5 nitrogen and oxygen atoms in total. The number of ether oxygens (including phenoxy) is 3. The minimum absolute atomic E-state index is 0.444. The van der Waals surface area contributed by atoms with E-state index < -0.39 is 5.79 Å². The molecule has 0 atom stereocenters. The maximum Gasteiger partial charge on any atom is 0.213 e. The topological polar surface area (TPSA) is 43.8 Å². The number of piperidine rings is 1. The molecule has 1 saturated heterocycles. The monoisotopic (exact) mass is 468 g/mol. The fourth-order valence-corrected chi connectivity index (χ4v) is 5.08. The van der Waals surface area contributed by atoms with Crippen LogP contribution in [0.25, 0.3) is 12.2 Å². The Hall–Kier alpha value is -3.15. The van der Waals surface area contributed by atoms with Gasteiger partial charge in [-0.3, -0.25) is 4.90 Å². The van der Waals surface area contributed by atoms with Gasteiger partial charge in [0.25, 0.3) is 0 Å². The number of benzene rings is 2. The lowest BCUT2D eigenvalue weighted by Gasteiger charge is -2.47. The van der Waals surface area contributed by atoms with Gasteiger partial charge in [0.2, 0.25) is 11.7 Å². The Kier molecular flexibility index (Phi) is 6.28. The highest BCUT2D eigenvalue weighted by molar-refractivity contribution is 5.70. The second kappa shape index (κ2) is 9.84. The molecule has 2 fully saturated rings. The molecular weight excluding hydrogens is 436 g/mol. The van der Waals surface area contributed by atoms with Gasteiger partial charge in [-0.05, 0) is 47.7 Å². The zero-order valence-corrected chi connectivity index (χ0v) is 20.1. The fraction of sp³-hybridized carbons (Fsp3) is 0.367. The maximum absolute atomic E-state index is 6.43. The molecule has 35 heavy (non-hydrogen) atoms. The highest BCUT2D eigenvalue weighted by Gasteiger charge is 2.42. The number of pyridine rings is 1. The third-order valence-corrected chi connectivity index (χ3v) is 7.48. The van der Waals surface area contributed by atoms with Crippen LogP contribution in [0.2, 0.25) is 0 Å². The van der Waals surface area contributed by atoms with Crippen LogP contribution in [0, 0.1) is 0 Å². The van der Waals surface area contributed by atoms with Gasteiger partial charge in [0.1, 0.15) is 12.4 Å². The summed E-state index contributed by atoms with van der Waals surface area (Å²) in [4.78, 5) is 7.06. The summed E-state index contributed by atoms with van der Waals surface area (Å²) in [6.45, 7) is 3.27. The van der Waals surface area contributed by atoms with Crippen molar-refractivity contribution in [3.05, 3.63) is 89.1 Å². The molecule has 0 radical (unpaired) electrons. The van der Waals surface area contributed by atoms with Crippen LogP contribution in [-0.4, -0.2) is 34.8 Å². The van der Waals surface area contributed by atoms with E-state index in [1.807, 2.05) is 48.7 Å². The lowest BCUT2D eigenvalue weighted by atomic mass is 9.89. The van der Waals surface area contributed by atoms with Gasteiger partial charge in [-0.25, -0.2) is 4.98 Å². The van der Waals surface area contributed by atoms with Crippen molar-refractivity contribution in [2.75, 3.05) is 13.1 Å². The van der Waals surface area contributed by atoms with E-state index in [1.54, 1.807) is 0 Å². The van der Waals surface area contributed by atoms with Crippen molar-refractivity contribution in [3.8, 4) is 11.6 Å². The third kappa shape index (κ3) is 5.12. The van der Waals surface area contributed by atoms with E-state index in [9.17, 15) is 0 Å². The SMILES string of the molecule is C(=Cc1ccc2c(c1)COC1(CCN(C3CCC3)CC1)O2)c1ccc(OCc2ccccc2)nc1. The van der Waals surface area contributed by atoms with Crippen LogP contribution in [0.5, 0.6) is 11.6 Å². The number of fused-ring (bicyclic) bond motifs is 1. The van der Waals surface area contributed by atoms with Gasteiger partial charge in [-0.1, -0.05) is 55.0 Å². The highest BCUT2D eigenvalue weighted by Crippen LogP contribution is 2.39. The fourth-order valence-electron chi connectivity index (χ4n) is 5.08. The Morgan fingerprint density at radius 2 is 1.77 bits per heavy atom. The standard InChI is InChI=1S/C30H32N2O3/c1-2-5-25(6-3-1)21-33-29-14-12-24(20-31-29)10-9-23-11-13-28-26(19-23)22-34-30(35-28)15-17-32(18-16-30)27-7-4-8-27/h1-3,5-6,9-14,19-20,27H,4,7-8,15-18,21-22H2. The Bertz CT molecular complexity index is 1160. The van der Waals surface area contributed by atoms with Crippen LogP contribution < -0.4 is 9.47 Å². The van der Waals surface area contributed by atoms with E-state index in [2.05, 4.69) is 40.2 Å². The number of hydrogen-bond acceptors (Lipinski definition) is 5. The summed E-state index contributed by atoms with van der Waals surface area (Å²) in [5.74, 6) is 1.15. The molecule has 3 aliphatic rings. The van der Waals surface area contributed by atoms with Crippen molar-refractivity contribution < 1.29 is 14.2 Å². The van der Waals surface area contributed by atoms with Crippen molar-refractivity contribution in [1.82, 2.24) is 9.88 Å². The van der Waals surface area contributed by atoms with Crippen LogP contribution in [0.4, 0.5) is 0 Å². The number of likely N-dealkylation sites (tertiary alicyclic amines) is 1. The minimum Gasteiger partial charge on any atom is -0.473 e. The summed E-state index contributed by atoms with van der Waals surface area (Å²) in [6, 6.07) is 21.2. The van der Waals surface area contributed by atoms with Gasteiger partial charge in [-0.15, -0.1) is 0 Å². The van der Waals surface area contributed by atoms with Crippen LogP contribution in [0.1, 0.15) is 54.4 Å². The molecule has 1 saturated carbocycles. The molecule has 1 aromatic heterocycles. The second-order valence-electron chi connectivity index (χ2n) is 9.83. The van der Waals surface area contributed by atoms with Crippen LogP contribution in [0.15, 0.2) is 66.9 Å². The van der Waals surface area contributed by atoms with E-state index in [0.29, 0.717) is 19.1 Å². The van der Waals surface area contributed by atoms with Crippen molar-refractivity contribution in [2.24, 2.45) is 0 Å². The minimum atomic E-state index is -0.444. The first-order valence-corrected chi connectivity index (χ1v) is 12.8. The van der Waals surface area contributed by atoms with E-state index in [1.165, 1.54) is 19.3 Å². The van der Waals surface area contributed by atoms with Gasteiger partial charge < -0.3 is 14.2 Å². The molecule has 1 aliphatic carbocycles. The number of nitrogens with zero attached hydrogens (tertiary/aromatic N) is 2. The molecule has 3 aromatic rings. The van der Waals surface area contributed by atoms with Gasteiger partial charge in [0, 0.05) is 49.8 Å². The lowest BCUT2D eigenvalue weighted by molar-refractivity contribution is -0.231.